The normalized spacial score (nSPS) is 12.9. The van der Waals surface area contributed by atoms with Crippen LogP contribution in [0.3, 0.4) is 0 Å². The molecule has 0 bridgehead atoms. The summed E-state index contributed by atoms with van der Waals surface area (Å²) in [5.41, 5.74) is 2.10. The predicted molar refractivity (Wildman–Crippen MR) is 149 cm³/mol. The van der Waals surface area contributed by atoms with Gasteiger partial charge in [-0.15, -0.1) is 0 Å². The lowest BCUT2D eigenvalue weighted by Gasteiger charge is -2.30. The minimum absolute atomic E-state index is 0.0165. The maximum absolute atomic E-state index is 13.4. The van der Waals surface area contributed by atoms with Crippen LogP contribution in [0, 0.1) is 6.92 Å². The Kier molecular flexibility index (Phi) is 11.3. The van der Waals surface area contributed by atoms with E-state index in [9.17, 15) is 18.0 Å². The van der Waals surface area contributed by atoms with Crippen molar-refractivity contribution in [2.75, 3.05) is 24.2 Å². The zero-order valence-corrected chi connectivity index (χ0v) is 24.0. The number of anilines is 1. The molecule has 2 amide bonds. The van der Waals surface area contributed by atoms with Crippen LogP contribution in [0.25, 0.3) is 0 Å². The van der Waals surface area contributed by atoms with E-state index < -0.39 is 16.1 Å². The van der Waals surface area contributed by atoms with Crippen molar-refractivity contribution in [3.63, 3.8) is 0 Å². The van der Waals surface area contributed by atoms with Crippen LogP contribution in [0.4, 0.5) is 5.69 Å². The Morgan fingerprint density at radius 1 is 1.11 bits per heavy atom. The van der Waals surface area contributed by atoms with E-state index in [2.05, 4.69) is 5.32 Å². The van der Waals surface area contributed by atoms with E-state index in [4.69, 9.17) is 16.3 Å². The molecule has 2 rings (SSSR count). The van der Waals surface area contributed by atoms with Crippen LogP contribution >= 0.6 is 11.6 Å². The summed E-state index contributed by atoms with van der Waals surface area (Å²) >= 11 is 6.12. The first kappa shape index (κ1) is 30.4. The predicted octanol–water partition coefficient (Wildman–Crippen LogP) is 4.54. The summed E-state index contributed by atoms with van der Waals surface area (Å²) in [6.07, 6.45) is 2.25. The Hall–Kier alpha value is -2.78. The molecule has 37 heavy (non-hydrogen) atoms. The van der Waals surface area contributed by atoms with E-state index in [1.54, 1.807) is 44.4 Å². The topological polar surface area (TPSA) is 96.0 Å². The molecule has 2 aromatic rings. The summed E-state index contributed by atoms with van der Waals surface area (Å²) in [6, 6.07) is 11.7. The lowest BCUT2D eigenvalue weighted by Crippen LogP contribution is -2.49. The van der Waals surface area contributed by atoms with Gasteiger partial charge in [-0.3, -0.25) is 13.9 Å². The summed E-state index contributed by atoms with van der Waals surface area (Å²) in [4.78, 5) is 27.8. The van der Waals surface area contributed by atoms with Crippen molar-refractivity contribution in [3.8, 4) is 5.75 Å². The molecule has 0 radical (unpaired) electrons. The zero-order chi connectivity index (χ0) is 27.8. The molecule has 204 valence electrons. The summed E-state index contributed by atoms with van der Waals surface area (Å²) in [6.45, 7) is 7.75. The highest BCUT2D eigenvalue weighted by Gasteiger charge is 2.27. The Balaban J connectivity index is 2.21. The summed E-state index contributed by atoms with van der Waals surface area (Å²) < 4.78 is 31.6. The molecule has 0 spiro atoms. The Bertz CT molecular complexity index is 1170. The zero-order valence-electron chi connectivity index (χ0n) is 22.5. The van der Waals surface area contributed by atoms with Gasteiger partial charge in [0.25, 0.3) is 0 Å². The number of carbonyl (C=O) groups excluding carboxylic acids is 2. The molecule has 0 aromatic heterocycles. The van der Waals surface area contributed by atoms with E-state index in [0.717, 1.165) is 23.8 Å². The summed E-state index contributed by atoms with van der Waals surface area (Å²) in [7, 11) is -2.02. The van der Waals surface area contributed by atoms with Crippen LogP contribution in [0.5, 0.6) is 5.75 Å². The van der Waals surface area contributed by atoms with Crippen molar-refractivity contribution in [1.29, 1.82) is 0 Å². The molecule has 0 aliphatic carbocycles. The first-order chi connectivity index (χ1) is 17.4. The van der Waals surface area contributed by atoms with Crippen LogP contribution in [0.1, 0.15) is 51.2 Å². The Morgan fingerprint density at radius 2 is 1.76 bits per heavy atom. The summed E-state index contributed by atoms with van der Waals surface area (Å²) in [5, 5.41) is 3.37. The maximum Gasteiger partial charge on any atom is 0.242 e. The number of ether oxygens (including phenoxy) is 1. The van der Waals surface area contributed by atoms with Gasteiger partial charge in [-0.2, -0.15) is 0 Å². The molecule has 2 aromatic carbocycles. The Labute approximate surface area is 226 Å². The third kappa shape index (κ3) is 8.93. The van der Waals surface area contributed by atoms with Crippen molar-refractivity contribution < 1.29 is 22.7 Å². The van der Waals surface area contributed by atoms with Gasteiger partial charge in [-0.1, -0.05) is 36.7 Å². The second kappa shape index (κ2) is 13.7. The molecule has 0 saturated heterocycles. The molecule has 2 atom stereocenters. The van der Waals surface area contributed by atoms with E-state index in [1.807, 2.05) is 32.9 Å². The fourth-order valence-corrected chi connectivity index (χ4v) is 4.99. The SMILES string of the molecule is CC[C@H](C)NC(=O)[C@@H](C)N(Cc1ccc(OC)cc1)C(=O)CCCN(c1cc(Cl)ccc1C)S(C)(=O)=O. The molecular formula is C27H38ClN3O5S. The van der Waals surface area contributed by atoms with Gasteiger partial charge in [-0.05, 0) is 69.0 Å². The number of sulfonamides is 1. The third-order valence-electron chi connectivity index (χ3n) is 6.27. The fourth-order valence-electron chi connectivity index (χ4n) is 3.81. The fraction of sp³-hybridized carbons (Fsp3) is 0.481. The van der Waals surface area contributed by atoms with E-state index >= 15 is 0 Å². The van der Waals surface area contributed by atoms with E-state index in [1.165, 1.54) is 9.21 Å². The first-order valence-electron chi connectivity index (χ1n) is 12.3. The van der Waals surface area contributed by atoms with Gasteiger partial charge in [0.15, 0.2) is 0 Å². The van der Waals surface area contributed by atoms with Gasteiger partial charge in [0.1, 0.15) is 11.8 Å². The minimum atomic E-state index is -3.60. The average molecular weight is 552 g/mol. The highest BCUT2D eigenvalue weighted by atomic mass is 35.5. The quantitative estimate of drug-likeness (QED) is 0.394. The second-order valence-electron chi connectivity index (χ2n) is 9.23. The first-order valence-corrected chi connectivity index (χ1v) is 14.6. The largest absolute Gasteiger partial charge is 0.497 e. The number of amides is 2. The molecule has 8 nitrogen and oxygen atoms in total. The van der Waals surface area contributed by atoms with Crippen molar-refractivity contribution in [3.05, 3.63) is 58.6 Å². The lowest BCUT2D eigenvalue weighted by atomic mass is 10.1. The van der Waals surface area contributed by atoms with Crippen molar-refractivity contribution >= 4 is 39.1 Å². The van der Waals surface area contributed by atoms with Gasteiger partial charge in [0, 0.05) is 30.6 Å². The van der Waals surface area contributed by atoms with Gasteiger partial charge in [0.05, 0.1) is 19.1 Å². The number of nitrogens with one attached hydrogen (secondary N) is 1. The lowest BCUT2D eigenvalue weighted by molar-refractivity contribution is -0.140. The number of nitrogens with zero attached hydrogens (tertiary/aromatic N) is 2. The van der Waals surface area contributed by atoms with Crippen molar-refractivity contribution in [1.82, 2.24) is 10.2 Å². The van der Waals surface area contributed by atoms with Crippen LogP contribution < -0.4 is 14.4 Å². The van der Waals surface area contributed by atoms with Gasteiger partial charge >= 0.3 is 0 Å². The van der Waals surface area contributed by atoms with Crippen LogP contribution in [0.15, 0.2) is 42.5 Å². The minimum Gasteiger partial charge on any atom is -0.497 e. The molecule has 0 unspecified atom stereocenters. The smallest absolute Gasteiger partial charge is 0.242 e. The third-order valence-corrected chi connectivity index (χ3v) is 7.69. The number of aryl methyl sites for hydroxylation is 1. The molecule has 0 aliphatic heterocycles. The summed E-state index contributed by atoms with van der Waals surface area (Å²) in [5.74, 6) is 0.226. The average Bonchev–Trinajstić information content (AvgIpc) is 2.85. The van der Waals surface area contributed by atoms with E-state index in [0.29, 0.717) is 16.5 Å². The number of hydrogen-bond donors (Lipinski definition) is 1. The van der Waals surface area contributed by atoms with Crippen LogP contribution in [-0.2, 0) is 26.2 Å². The van der Waals surface area contributed by atoms with Crippen LogP contribution in [-0.4, -0.2) is 57.1 Å². The molecule has 0 aliphatic rings. The highest BCUT2D eigenvalue weighted by Crippen LogP contribution is 2.27. The molecule has 0 saturated carbocycles. The molecule has 10 heteroatoms. The van der Waals surface area contributed by atoms with Gasteiger partial charge < -0.3 is 15.0 Å². The molecule has 0 heterocycles. The number of benzene rings is 2. The number of carbonyl (C=O) groups is 2. The number of halogens is 1. The van der Waals surface area contributed by atoms with Gasteiger partial charge in [-0.25, -0.2) is 8.42 Å². The van der Waals surface area contributed by atoms with Crippen LogP contribution in [0.2, 0.25) is 5.02 Å². The van der Waals surface area contributed by atoms with E-state index in [-0.39, 0.29) is 43.8 Å². The van der Waals surface area contributed by atoms with Crippen molar-refractivity contribution in [2.24, 2.45) is 0 Å². The molecule has 0 fully saturated rings. The number of rotatable bonds is 13. The number of hydrogen-bond acceptors (Lipinski definition) is 5. The standard InChI is InChI=1S/C27H38ClN3O5S/c1-7-20(3)29-27(33)21(4)30(18-22-11-14-24(36-5)15-12-22)26(32)9-8-16-31(37(6,34)35)25-17-23(28)13-10-19(25)2/h10-15,17,20-21H,7-9,16,18H2,1-6H3,(H,29,33)/t20-,21+/m0/s1. The Morgan fingerprint density at radius 3 is 2.32 bits per heavy atom. The monoisotopic (exact) mass is 551 g/mol. The highest BCUT2D eigenvalue weighted by molar-refractivity contribution is 7.92. The maximum atomic E-state index is 13.4. The molecule has 1 N–H and O–H groups in total. The second-order valence-corrected chi connectivity index (χ2v) is 11.6. The van der Waals surface area contributed by atoms with Crippen molar-refractivity contribution in [2.45, 2.75) is 65.6 Å². The van der Waals surface area contributed by atoms with Gasteiger partial charge in [0.2, 0.25) is 21.8 Å². The molecular weight excluding hydrogens is 514 g/mol. The number of methoxy groups -OCH3 is 1.